The van der Waals surface area contributed by atoms with E-state index in [-0.39, 0.29) is 11.9 Å². The molecule has 0 radical (unpaired) electrons. The summed E-state index contributed by atoms with van der Waals surface area (Å²) in [5.74, 6) is -0.483. The van der Waals surface area contributed by atoms with Gasteiger partial charge >= 0.3 is 5.97 Å². The van der Waals surface area contributed by atoms with Crippen LogP contribution < -0.4 is 5.32 Å². The Labute approximate surface area is 147 Å². The minimum atomic E-state index is -0.389. The molecular formula is C16H26N4O3S. The number of amides is 1. The van der Waals surface area contributed by atoms with Crippen LogP contribution in [0, 0.1) is 6.92 Å². The van der Waals surface area contributed by atoms with Crippen molar-refractivity contribution < 1.29 is 14.3 Å². The molecule has 134 valence electrons. The number of hydrogen-bond donors (Lipinski definition) is 1. The van der Waals surface area contributed by atoms with Crippen molar-refractivity contribution in [2.45, 2.75) is 27.2 Å². The maximum Gasteiger partial charge on any atom is 0.350 e. The van der Waals surface area contributed by atoms with E-state index in [0.29, 0.717) is 28.9 Å². The Balaban J connectivity index is 1.83. The molecule has 1 amide bonds. The third kappa shape index (κ3) is 5.25. The zero-order valence-electron chi connectivity index (χ0n) is 14.6. The van der Waals surface area contributed by atoms with Gasteiger partial charge in [-0.15, -0.1) is 0 Å². The Hall–Kier alpha value is -1.51. The SMILES string of the molecule is CCCN1CCN(CC(=O)Nc2nc(C)c(C(=O)OCC)s2)CC1. The highest BCUT2D eigenvalue weighted by Crippen LogP contribution is 2.23. The van der Waals surface area contributed by atoms with Crippen molar-refractivity contribution in [3.8, 4) is 0 Å². The monoisotopic (exact) mass is 354 g/mol. The van der Waals surface area contributed by atoms with Gasteiger partial charge in [-0.1, -0.05) is 18.3 Å². The first-order valence-corrected chi connectivity index (χ1v) is 9.24. The van der Waals surface area contributed by atoms with Gasteiger partial charge in [0.05, 0.1) is 18.8 Å². The van der Waals surface area contributed by atoms with E-state index in [1.165, 1.54) is 0 Å². The van der Waals surface area contributed by atoms with Gasteiger partial charge in [-0.25, -0.2) is 9.78 Å². The fourth-order valence-electron chi connectivity index (χ4n) is 2.69. The minimum Gasteiger partial charge on any atom is -0.462 e. The lowest BCUT2D eigenvalue weighted by Crippen LogP contribution is -2.48. The average Bonchev–Trinajstić information content (AvgIpc) is 2.90. The molecule has 0 unspecified atom stereocenters. The molecule has 1 fully saturated rings. The van der Waals surface area contributed by atoms with Crippen LogP contribution in [0.4, 0.5) is 5.13 Å². The summed E-state index contributed by atoms with van der Waals surface area (Å²) in [6, 6.07) is 0. The van der Waals surface area contributed by atoms with Gasteiger partial charge in [-0.2, -0.15) is 0 Å². The van der Waals surface area contributed by atoms with Crippen LogP contribution >= 0.6 is 11.3 Å². The van der Waals surface area contributed by atoms with Crippen molar-refractivity contribution in [1.82, 2.24) is 14.8 Å². The average molecular weight is 354 g/mol. The zero-order chi connectivity index (χ0) is 17.5. The van der Waals surface area contributed by atoms with Crippen LogP contribution in [0.15, 0.2) is 0 Å². The summed E-state index contributed by atoms with van der Waals surface area (Å²) in [7, 11) is 0. The highest BCUT2D eigenvalue weighted by atomic mass is 32.1. The van der Waals surface area contributed by atoms with Crippen molar-refractivity contribution >= 4 is 28.3 Å². The number of carbonyl (C=O) groups excluding carboxylic acids is 2. The molecule has 1 aliphatic rings. The van der Waals surface area contributed by atoms with Crippen molar-refractivity contribution in [2.24, 2.45) is 0 Å². The first-order chi connectivity index (χ1) is 11.5. The number of nitrogens with zero attached hydrogens (tertiary/aromatic N) is 3. The molecule has 2 heterocycles. The van der Waals surface area contributed by atoms with Crippen LogP contribution in [0.1, 0.15) is 35.6 Å². The number of carbonyl (C=O) groups is 2. The van der Waals surface area contributed by atoms with Gasteiger partial charge in [0.25, 0.3) is 0 Å². The third-order valence-corrected chi connectivity index (χ3v) is 4.93. The molecule has 1 aliphatic heterocycles. The van der Waals surface area contributed by atoms with Crippen molar-refractivity contribution in [1.29, 1.82) is 0 Å². The van der Waals surface area contributed by atoms with Crippen LogP contribution in [0.5, 0.6) is 0 Å². The van der Waals surface area contributed by atoms with Crippen molar-refractivity contribution in [2.75, 3.05) is 51.2 Å². The summed E-state index contributed by atoms with van der Waals surface area (Å²) < 4.78 is 4.98. The number of anilines is 1. The zero-order valence-corrected chi connectivity index (χ0v) is 15.4. The molecule has 2 rings (SSSR count). The van der Waals surface area contributed by atoms with Crippen molar-refractivity contribution in [3.05, 3.63) is 10.6 Å². The largest absolute Gasteiger partial charge is 0.462 e. The van der Waals surface area contributed by atoms with Gasteiger partial charge in [0.2, 0.25) is 5.91 Å². The summed E-state index contributed by atoms with van der Waals surface area (Å²) in [5.41, 5.74) is 0.585. The second-order valence-corrected chi connectivity index (χ2v) is 6.82. The molecule has 0 atom stereocenters. The Morgan fingerprint density at radius 1 is 1.21 bits per heavy atom. The lowest BCUT2D eigenvalue weighted by molar-refractivity contribution is -0.117. The number of ether oxygens (including phenoxy) is 1. The molecule has 8 heteroatoms. The van der Waals surface area contributed by atoms with Gasteiger partial charge in [0, 0.05) is 26.2 Å². The number of piperazine rings is 1. The molecule has 0 spiro atoms. The van der Waals surface area contributed by atoms with E-state index in [9.17, 15) is 9.59 Å². The van der Waals surface area contributed by atoms with Gasteiger partial charge in [0.15, 0.2) is 5.13 Å². The van der Waals surface area contributed by atoms with Gasteiger partial charge in [-0.05, 0) is 26.8 Å². The first kappa shape index (κ1) is 18.8. The first-order valence-electron chi connectivity index (χ1n) is 8.42. The quantitative estimate of drug-likeness (QED) is 0.750. The maximum atomic E-state index is 12.2. The molecule has 1 aromatic rings. The molecule has 1 N–H and O–H groups in total. The molecule has 0 bridgehead atoms. The fraction of sp³-hybridized carbons (Fsp3) is 0.688. The highest BCUT2D eigenvalue weighted by Gasteiger charge is 2.20. The minimum absolute atomic E-state index is 0.0944. The van der Waals surface area contributed by atoms with E-state index in [0.717, 1.165) is 50.5 Å². The van der Waals surface area contributed by atoms with E-state index < -0.39 is 0 Å². The van der Waals surface area contributed by atoms with Crippen molar-refractivity contribution in [3.63, 3.8) is 0 Å². The lowest BCUT2D eigenvalue weighted by atomic mass is 10.3. The maximum absolute atomic E-state index is 12.2. The van der Waals surface area contributed by atoms with Gasteiger partial charge in [0.1, 0.15) is 4.88 Å². The Morgan fingerprint density at radius 3 is 2.50 bits per heavy atom. The number of aryl methyl sites for hydroxylation is 1. The third-order valence-electron chi connectivity index (χ3n) is 3.88. The predicted octanol–water partition coefficient (Wildman–Crippen LogP) is 1.59. The van der Waals surface area contributed by atoms with E-state index in [1.54, 1.807) is 13.8 Å². The Kier molecular flexibility index (Phi) is 7.14. The molecule has 24 heavy (non-hydrogen) atoms. The van der Waals surface area contributed by atoms with E-state index in [2.05, 4.69) is 27.0 Å². The predicted molar refractivity (Wildman–Crippen MR) is 94.6 cm³/mol. The molecular weight excluding hydrogens is 328 g/mol. The molecule has 0 aliphatic carbocycles. The standard InChI is InChI=1S/C16H26N4O3S/c1-4-6-19-7-9-20(10-8-19)11-13(21)18-16-17-12(3)14(24-16)15(22)23-5-2/h4-11H2,1-3H3,(H,17,18,21). The number of aromatic nitrogens is 1. The lowest BCUT2D eigenvalue weighted by Gasteiger charge is -2.33. The second kappa shape index (κ2) is 9.10. The second-order valence-electron chi connectivity index (χ2n) is 5.82. The number of thiazole rings is 1. The van der Waals surface area contributed by atoms with Gasteiger partial charge < -0.3 is 15.0 Å². The normalized spacial score (nSPS) is 16.1. The summed E-state index contributed by atoms with van der Waals surface area (Å²) >= 11 is 1.16. The smallest absolute Gasteiger partial charge is 0.350 e. The Bertz CT molecular complexity index is 568. The van der Waals surface area contributed by atoms with E-state index in [4.69, 9.17) is 4.74 Å². The van der Waals surface area contributed by atoms with E-state index in [1.807, 2.05) is 0 Å². The topological polar surface area (TPSA) is 74.8 Å². The van der Waals surface area contributed by atoms with Crippen LogP contribution in [-0.4, -0.2) is 72.5 Å². The number of hydrogen-bond acceptors (Lipinski definition) is 7. The summed E-state index contributed by atoms with van der Waals surface area (Å²) in [4.78, 5) is 33.2. The van der Waals surface area contributed by atoms with E-state index >= 15 is 0 Å². The van der Waals surface area contributed by atoms with Crippen LogP contribution in [-0.2, 0) is 9.53 Å². The Morgan fingerprint density at radius 2 is 1.88 bits per heavy atom. The molecule has 0 saturated carbocycles. The molecule has 1 saturated heterocycles. The summed E-state index contributed by atoms with van der Waals surface area (Å²) in [6.45, 7) is 11.3. The number of nitrogens with one attached hydrogen (secondary N) is 1. The number of esters is 1. The summed E-state index contributed by atoms with van der Waals surface area (Å²) in [5, 5.41) is 3.24. The highest BCUT2D eigenvalue weighted by molar-refractivity contribution is 7.17. The molecule has 0 aromatic carbocycles. The van der Waals surface area contributed by atoms with Crippen LogP contribution in [0.3, 0.4) is 0 Å². The van der Waals surface area contributed by atoms with Crippen LogP contribution in [0.2, 0.25) is 0 Å². The summed E-state index contributed by atoms with van der Waals surface area (Å²) in [6.07, 6.45) is 1.16. The molecule has 1 aromatic heterocycles. The number of rotatable bonds is 7. The fourth-order valence-corrected chi connectivity index (χ4v) is 3.56. The van der Waals surface area contributed by atoms with Crippen LogP contribution in [0.25, 0.3) is 0 Å². The van der Waals surface area contributed by atoms with Gasteiger partial charge in [-0.3, -0.25) is 9.69 Å². The molecule has 7 nitrogen and oxygen atoms in total.